The summed E-state index contributed by atoms with van der Waals surface area (Å²) in [5, 5.41) is 8.54. The minimum absolute atomic E-state index is 0.309. The Morgan fingerprint density at radius 3 is 2.59 bits per heavy atom. The topological polar surface area (TPSA) is 79.4 Å². The Balaban J connectivity index is 3.10. The molecular formula is C12H15NO4. The van der Waals surface area contributed by atoms with E-state index in [1.807, 2.05) is 0 Å². The second-order valence-corrected chi connectivity index (χ2v) is 3.56. The molecule has 0 aliphatic rings. The summed E-state index contributed by atoms with van der Waals surface area (Å²) in [5.41, 5.74) is 2.44. The first-order valence-corrected chi connectivity index (χ1v) is 5.24. The van der Waals surface area contributed by atoms with E-state index in [0.29, 0.717) is 29.1 Å². The van der Waals surface area contributed by atoms with Gasteiger partial charge in [0.1, 0.15) is 0 Å². The predicted molar refractivity (Wildman–Crippen MR) is 62.9 cm³/mol. The number of rotatable bonds is 4. The second-order valence-electron chi connectivity index (χ2n) is 3.56. The molecule has 0 saturated heterocycles. The zero-order valence-electron chi connectivity index (χ0n) is 10.0. The Hall–Kier alpha value is -2.04. The van der Waals surface area contributed by atoms with Crippen molar-refractivity contribution in [1.29, 1.82) is 0 Å². The molecule has 0 spiro atoms. The number of nitrogens with one attached hydrogen (secondary N) is 1. The van der Waals surface area contributed by atoms with Crippen LogP contribution in [0.5, 0.6) is 0 Å². The van der Waals surface area contributed by atoms with E-state index < -0.39 is 11.9 Å². The lowest BCUT2D eigenvalue weighted by molar-refractivity contribution is -0.131. The molecule has 1 heterocycles. The third-order valence-corrected chi connectivity index (χ3v) is 2.35. The summed E-state index contributed by atoms with van der Waals surface area (Å²) in [7, 11) is 0. The van der Waals surface area contributed by atoms with Crippen LogP contribution in [-0.4, -0.2) is 28.6 Å². The molecule has 0 unspecified atom stereocenters. The van der Waals surface area contributed by atoms with Gasteiger partial charge in [0.15, 0.2) is 0 Å². The summed E-state index contributed by atoms with van der Waals surface area (Å²) in [5.74, 6) is -1.43. The van der Waals surface area contributed by atoms with E-state index in [1.54, 1.807) is 20.8 Å². The average Bonchev–Trinajstić information content (AvgIpc) is 2.51. The van der Waals surface area contributed by atoms with Crippen LogP contribution in [0, 0.1) is 13.8 Å². The molecule has 0 bridgehead atoms. The SMILES string of the molecule is CCOC(=O)c1c(C)[nH]c(/C=C/C(=O)O)c1C. The van der Waals surface area contributed by atoms with Crippen molar-refractivity contribution < 1.29 is 19.4 Å². The molecule has 0 fully saturated rings. The number of aryl methyl sites for hydroxylation is 1. The number of carbonyl (C=O) groups is 2. The number of carboxylic acids is 1. The molecule has 17 heavy (non-hydrogen) atoms. The number of ether oxygens (including phenoxy) is 1. The maximum absolute atomic E-state index is 11.7. The Bertz CT molecular complexity index is 471. The molecule has 1 rings (SSSR count). The van der Waals surface area contributed by atoms with E-state index in [-0.39, 0.29) is 0 Å². The predicted octanol–water partition coefficient (Wildman–Crippen LogP) is 1.91. The number of carboxylic acid groups (broad SMARTS) is 1. The van der Waals surface area contributed by atoms with Gasteiger partial charge in [0.2, 0.25) is 0 Å². The van der Waals surface area contributed by atoms with Crippen molar-refractivity contribution in [1.82, 2.24) is 4.98 Å². The largest absolute Gasteiger partial charge is 0.478 e. The monoisotopic (exact) mass is 237 g/mol. The van der Waals surface area contributed by atoms with E-state index in [9.17, 15) is 9.59 Å². The molecule has 0 aliphatic heterocycles. The maximum atomic E-state index is 11.7. The van der Waals surface area contributed by atoms with E-state index in [0.717, 1.165) is 6.08 Å². The van der Waals surface area contributed by atoms with E-state index in [4.69, 9.17) is 9.84 Å². The zero-order valence-corrected chi connectivity index (χ0v) is 10.0. The van der Waals surface area contributed by atoms with Crippen molar-refractivity contribution in [2.24, 2.45) is 0 Å². The van der Waals surface area contributed by atoms with Crippen LogP contribution in [0.4, 0.5) is 0 Å². The number of H-pyrrole nitrogens is 1. The first kappa shape index (κ1) is 13.0. The number of esters is 1. The average molecular weight is 237 g/mol. The van der Waals surface area contributed by atoms with Gasteiger partial charge < -0.3 is 14.8 Å². The summed E-state index contributed by atoms with van der Waals surface area (Å²) < 4.78 is 4.93. The maximum Gasteiger partial charge on any atom is 0.340 e. The normalized spacial score (nSPS) is 10.8. The molecule has 2 N–H and O–H groups in total. The minimum Gasteiger partial charge on any atom is -0.478 e. The van der Waals surface area contributed by atoms with Gasteiger partial charge in [0.05, 0.1) is 12.2 Å². The van der Waals surface area contributed by atoms with Crippen molar-refractivity contribution in [3.63, 3.8) is 0 Å². The molecule has 0 radical (unpaired) electrons. The quantitative estimate of drug-likeness (QED) is 0.619. The van der Waals surface area contributed by atoms with Crippen LogP contribution >= 0.6 is 0 Å². The fourth-order valence-electron chi connectivity index (χ4n) is 1.60. The number of aromatic nitrogens is 1. The third kappa shape index (κ3) is 2.96. The highest BCUT2D eigenvalue weighted by Gasteiger charge is 2.17. The van der Waals surface area contributed by atoms with Crippen molar-refractivity contribution in [3.8, 4) is 0 Å². The Labute approximate surface area is 99.1 Å². The van der Waals surface area contributed by atoms with Gasteiger partial charge in [-0.3, -0.25) is 0 Å². The van der Waals surface area contributed by atoms with Crippen LogP contribution in [0.2, 0.25) is 0 Å². The van der Waals surface area contributed by atoms with Crippen LogP contribution in [0.25, 0.3) is 6.08 Å². The van der Waals surface area contributed by atoms with Crippen molar-refractivity contribution in [2.75, 3.05) is 6.61 Å². The lowest BCUT2D eigenvalue weighted by Gasteiger charge is -2.01. The van der Waals surface area contributed by atoms with Crippen molar-refractivity contribution in [2.45, 2.75) is 20.8 Å². The number of carbonyl (C=O) groups excluding carboxylic acids is 1. The van der Waals surface area contributed by atoms with Gasteiger partial charge in [-0.1, -0.05) is 0 Å². The summed E-state index contributed by atoms with van der Waals surface area (Å²) in [4.78, 5) is 25.0. The summed E-state index contributed by atoms with van der Waals surface area (Å²) in [6.07, 6.45) is 2.45. The van der Waals surface area contributed by atoms with Crippen LogP contribution < -0.4 is 0 Å². The summed E-state index contributed by atoms with van der Waals surface area (Å²) >= 11 is 0. The van der Waals surface area contributed by atoms with Crippen molar-refractivity contribution >= 4 is 18.0 Å². The number of aliphatic carboxylic acids is 1. The Kier molecular flexibility index (Phi) is 4.09. The fraction of sp³-hybridized carbons (Fsp3) is 0.333. The molecule has 0 aromatic carbocycles. The molecular weight excluding hydrogens is 222 g/mol. The number of hydrogen-bond donors (Lipinski definition) is 2. The first-order valence-electron chi connectivity index (χ1n) is 5.24. The van der Waals surface area contributed by atoms with Crippen LogP contribution in [0.3, 0.4) is 0 Å². The first-order chi connectivity index (χ1) is 7.97. The van der Waals surface area contributed by atoms with Crippen LogP contribution in [0.15, 0.2) is 6.08 Å². The van der Waals surface area contributed by atoms with Gasteiger partial charge in [0, 0.05) is 17.5 Å². The molecule has 0 atom stereocenters. The van der Waals surface area contributed by atoms with Crippen LogP contribution in [-0.2, 0) is 9.53 Å². The molecule has 0 aliphatic carbocycles. The zero-order chi connectivity index (χ0) is 13.0. The fourth-order valence-corrected chi connectivity index (χ4v) is 1.60. The van der Waals surface area contributed by atoms with E-state index in [2.05, 4.69) is 4.98 Å². The number of aromatic amines is 1. The molecule has 0 amide bonds. The molecule has 92 valence electrons. The smallest absolute Gasteiger partial charge is 0.340 e. The van der Waals surface area contributed by atoms with Gasteiger partial charge in [-0.2, -0.15) is 0 Å². The Morgan fingerprint density at radius 1 is 1.41 bits per heavy atom. The lowest BCUT2D eigenvalue weighted by atomic mass is 10.1. The van der Waals surface area contributed by atoms with Gasteiger partial charge in [-0.25, -0.2) is 9.59 Å². The van der Waals surface area contributed by atoms with Gasteiger partial charge in [-0.15, -0.1) is 0 Å². The second kappa shape index (κ2) is 5.34. The van der Waals surface area contributed by atoms with Gasteiger partial charge in [0.25, 0.3) is 0 Å². The van der Waals surface area contributed by atoms with Gasteiger partial charge >= 0.3 is 11.9 Å². The molecule has 1 aromatic rings. The Morgan fingerprint density at radius 2 is 2.06 bits per heavy atom. The summed E-state index contributed by atoms with van der Waals surface area (Å²) in [6.45, 7) is 5.54. The minimum atomic E-state index is -1.03. The highest BCUT2D eigenvalue weighted by atomic mass is 16.5. The lowest BCUT2D eigenvalue weighted by Crippen LogP contribution is -2.06. The highest BCUT2D eigenvalue weighted by molar-refractivity contribution is 5.94. The van der Waals surface area contributed by atoms with E-state index >= 15 is 0 Å². The molecule has 1 aromatic heterocycles. The number of hydrogen-bond acceptors (Lipinski definition) is 3. The van der Waals surface area contributed by atoms with E-state index in [1.165, 1.54) is 6.08 Å². The molecule has 5 nitrogen and oxygen atoms in total. The van der Waals surface area contributed by atoms with Crippen LogP contribution in [0.1, 0.15) is 34.2 Å². The van der Waals surface area contributed by atoms with Gasteiger partial charge in [-0.05, 0) is 32.4 Å². The molecule has 5 heteroatoms. The standard InChI is InChI=1S/C12H15NO4/c1-4-17-12(16)11-7(2)9(13-8(11)3)5-6-10(14)15/h5-6,13H,4H2,1-3H3,(H,14,15)/b6-5+. The highest BCUT2D eigenvalue weighted by Crippen LogP contribution is 2.19. The molecule has 0 saturated carbocycles. The summed E-state index contributed by atoms with van der Waals surface area (Å²) in [6, 6.07) is 0. The van der Waals surface area contributed by atoms with Crippen molar-refractivity contribution in [3.05, 3.63) is 28.6 Å². The third-order valence-electron chi connectivity index (χ3n) is 2.35.